The number of carbonyl (C=O) groups is 1. The molecule has 1 rings (SSSR count). The van der Waals surface area contributed by atoms with Crippen LogP contribution >= 0.6 is 0 Å². The van der Waals surface area contributed by atoms with E-state index in [4.69, 9.17) is 0 Å². The van der Waals surface area contributed by atoms with Crippen molar-refractivity contribution >= 4 is 5.91 Å². The molecule has 0 atom stereocenters. The van der Waals surface area contributed by atoms with Gasteiger partial charge < -0.3 is 10.6 Å². The van der Waals surface area contributed by atoms with E-state index in [1.807, 2.05) is 6.92 Å². The number of aryl methyl sites for hydroxylation is 1. The summed E-state index contributed by atoms with van der Waals surface area (Å²) in [6.45, 7) is 5.10. The first kappa shape index (κ1) is 10.6. The molecule has 78 valence electrons. The van der Waals surface area contributed by atoms with Crippen molar-refractivity contribution in [1.82, 2.24) is 20.9 Å². The number of amides is 1. The summed E-state index contributed by atoms with van der Waals surface area (Å²) in [4.78, 5) is 11.0. The van der Waals surface area contributed by atoms with E-state index in [9.17, 15) is 4.79 Å². The molecule has 0 bridgehead atoms. The number of nitrogens with one attached hydrogen (secondary N) is 2. The van der Waals surface area contributed by atoms with Crippen molar-refractivity contribution in [3.63, 3.8) is 0 Å². The summed E-state index contributed by atoms with van der Waals surface area (Å²) in [7, 11) is 0. The molecular formula is C8H14N4O2. The number of hydrogen-bond donors (Lipinski definition) is 2. The number of carbonyl (C=O) groups excluding carboxylic acids is 1. The van der Waals surface area contributed by atoms with Gasteiger partial charge in [0, 0.05) is 13.1 Å². The minimum Gasteiger partial charge on any atom is -0.355 e. The number of nitrogens with zero attached hydrogens (tertiary/aromatic N) is 2. The van der Waals surface area contributed by atoms with Crippen molar-refractivity contribution in [1.29, 1.82) is 0 Å². The molecule has 6 heteroatoms. The minimum absolute atomic E-state index is 0.0263. The first-order valence-corrected chi connectivity index (χ1v) is 4.49. The van der Waals surface area contributed by atoms with Crippen LogP contribution in [-0.2, 0) is 11.3 Å². The molecule has 0 unspecified atom stereocenters. The van der Waals surface area contributed by atoms with Gasteiger partial charge in [-0.25, -0.2) is 4.63 Å². The largest absolute Gasteiger partial charge is 0.355 e. The fourth-order valence-electron chi connectivity index (χ4n) is 0.964. The molecule has 0 aromatic carbocycles. The summed E-state index contributed by atoms with van der Waals surface area (Å²) in [5.41, 5.74) is 1.47. The van der Waals surface area contributed by atoms with Crippen LogP contribution < -0.4 is 10.6 Å². The Labute approximate surface area is 82.0 Å². The maximum atomic E-state index is 11.0. The van der Waals surface area contributed by atoms with E-state index < -0.39 is 0 Å². The van der Waals surface area contributed by atoms with Crippen LogP contribution in [0.4, 0.5) is 0 Å². The zero-order valence-corrected chi connectivity index (χ0v) is 8.33. The maximum absolute atomic E-state index is 11.0. The number of rotatable bonds is 5. The van der Waals surface area contributed by atoms with Gasteiger partial charge in [-0.05, 0) is 13.8 Å². The third-order valence-corrected chi connectivity index (χ3v) is 1.70. The number of likely N-dealkylation sites (N-methyl/N-ethyl adjacent to an activating group) is 1. The van der Waals surface area contributed by atoms with Crippen molar-refractivity contribution in [2.45, 2.75) is 20.4 Å². The van der Waals surface area contributed by atoms with Crippen LogP contribution in [0.1, 0.15) is 18.3 Å². The highest BCUT2D eigenvalue weighted by molar-refractivity contribution is 5.77. The summed E-state index contributed by atoms with van der Waals surface area (Å²) in [6, 6.07) is 0. The Morgan fingerprint density at radius 2 is 2.29 bits per heavy atom. The molecule has 0 aliphatic heterocycles. The number of aromatic nitrogens is 2. The van der Waals surface area contributed by atoms with Gasteiger partial charge in [-0.1, -0.05) is 10.3 Å². The summed E-state index contributed by atoms with van der Waals surface area (Å²) in [5, 5.41) is 12.9. The van der Waals surface area contributed by atoms with Crippen LogP contribution in [0, 0.1) is 6.92 Å². The van der Waals surface area contributed by atoms with Crippen molar-refractivity contribution in [2.24, 2.45) is 0 Å². The van der Waals surface area contributed by atoms with Crippen molar-refractivity contribution in [3.05, 3.63) is 11.4 Å². The molecule has 0 spiro atoms. The van der Waals surface area contributed by atoms with Crippen LogP contribution in [0.15, 0.2) is 4.63 Å². The Hall–Kier alpha value is -1.43. The molecule has 0 aliphatic rings. The maximum Gasteiger partial charge on any atom is 0.233 e. The van der Waals surface area contributed by atoms with Gasteiger partial charge in [-0.3, -0.25) is 4.79 Å². The van der Waals surface area contributed by atoms with Gasteiger partial charge in [0.05, 0.1) is 6.54 Å². The van der Waals surface area contributed by atoms with Crippen LogP contribution in [0.5, 0.6) is 0 Å². The Bertz CT molecular complexity index is 297. The fraction of sp³-hybridized carbons (Fsp3) is 0.625. The van der Waals surface area contributed by atoms with Crippen molar-refractivity contribution in [3.8, 4) is 0 Å². The molecule has 1 heterocycles. The predicted octanol–water partition coefficient (Wildman–Crippen LogP) is -0.396. The van der Waals surface area contributed by atoms with E-state index in [0.717, 1.165) is 11.4 Å². The number of hydrogen-bond acceptors (Lipinski definition) is 5. The normalized spacial score (nSPS) is 10.1. The van der Waals surface area contributed by atoms with E-state index in [1.165, 1.54) is 0 Å². The molecular weight excluding hydrogens is 184 g/mol. The van der Waals surface area contributed by atoms with E-state index in [1.54, 1.807) is 6.92 Å². The van der Waals surface area contributed by atoms with Crippen LogP contribution in [0.2, 0.25) is 0 Å². The highest BCUT2D eigenvalue weighted by atomic mass is 16.6. The van der Waals surface area contributed by atoms with Crippen molar-refractivity contribution < 1.29 is 9.42 Å². The SMILES string of the molecule is CCNC(=O)CNCc1nonc1C. The summed E-state index contributed by atoms with van der Waals surface area (Å²) >= 11 is 0. The van der Waals surface area contributed by atoms with E-state index in [2.05, 4.69) is 25.6 Å². The van der Waals surface area contributed by atoms with E-state index >= 15 is 0 Å². The van der Waals surface area contributed by atoms with E-state index in [-0.39, 0.29) is 12.5 Å². The molecule has 0 saturated carbocycles. The molecule has 2 N–H and O–H groups in total. The minimum atomic E-state index is -0.0263. The molecule has 14 heavy (non-hydrogen) atoms. The molecule has 1 aromatic rings. The van der Waals surface area contributed by atoms with Crippen LogP contribution in [0.25, 0.3) is 0 Å². The lowest BCUT2D eigenvalue weighted by Gasteiger charge is -2.02. The van der Waals surface area contributed by atoms with Crippen LogP contribution in [-0.4, -0.2) is 29.3 Å². The monoisotopic (exact) mass is 198 g/mol. The Morgan fingerprint density at radius 3 is 2.86 bits per heavy atom. The van der Waals surface area contributed by atoms with E-state index in [0.29, 0.717) is 13.1 Å². The van der Waals surface area contributed by atoms with Gasteiger partial charge in [-0.15, -0.1) is 0 Å². The standard InChI is InChI=1S/C8H14N4O2/c1-3-10-8(13)5-9-4-7-6(2)11-14-12-7/h9H,3-5H2,1-2H3,(H,10,13). The second-order valence-electron chi connectivity index (χ2n) is 2.85. The first-order valence-electron chi connectivity index (χ1n) is 4.49. The molecule has 6 nitrogen and oxygen atoms in total. The second-order valence-corrected chi connectivity index (χ2v) is 2.85. The lowest BCUT2D eigenvalue weighted by molar-refractivity contribution is -0.120. The zero-order valence-electron chi connectivity index (χ0n) is 8.33. The average molecular weight is 198 g/mol. The fourth-order valence-corrected chi connectivity index (χ4v) is 0.964. The van der Waals surface area contributed by atoms with Gasteiger partial charge in [0.15, 0.2) is 0 Å². The zero-order chi connectivity index (χ0) is 10.4. The third kappa shape index (κ3) is 3.14. The molecule has 0 aliphatic carbocycles. The second kappa shape index (κ2) is 5.33. The molecule has 1 amide bonds. The summed E-state index contributed by atoms with van der Waals surface area (Å²) in [6.07, 6.45) is 0. The molecule has 0 saturated heterocycles. The highest BCUT2D eigenvalue weighted by Gasteiger charge is 2.05. The predicted molar refractivity (Wildman–Crippen MR) is 49.4 cm³/mol. The summed E-state index contributed by atoms with van der Waals surface area (Å²) < 4.78 is 4.51. The molecule has 1 aromatic heterocycles. The lowest BCUT2D eigenvalue weighted by Crippen LogP contribution is -2.33. The Kier molecular flexibility index (Phi) is 4.06. The van der Waals surface area contributed by atoms with Gasteiger partial charge in [0.1, 0.15) is 11.4 Å². The van der Waals surface area contributed by atoms with Crippen molar-refractivity contribution in [2.75, 3.05) is 13.1 Å². The molecule has 0 fully saturated rings. The first-order chi connectivity index (χ1) is 6.74. The van der Waals surface area contributed by atoms with Gasteiger partial charge >= 0.3 is 0 Å². The Balaban J connectivity index is 2.22. The Morgan fingerprint density at radius 1 is 1.50 bits per heavy atom. The van der Waals surface area contributed by atoms with Gasteiger partial charge in [-0.2, -0.15) is 0 Å². The highest BCUT2D eigenvalue weighted by Crippen LogP contribution is 1.98. The van der Waals surface area contributed by atoms with Gasteiger partial charge in [0.2, 0.25) is 5.91 Å². The van der Waals surface area contributed by atoms with Crippen LogP contribution in [0.3, 0.4) is 0 Å². The summed E-state index contributed by atoms with van der Waals surface area (Å²) in [5.74, 6) is -0.0263. The molecule has 0 radical (unpaired) electrons. The topological polar surface area (TPSA) is 80.0 Å². The third-order valence-electron chi connectivity index (χ3n) is 1.70. The lowest BCUT2D eigenvalue weighted by atomic mass is 10.3. The van der Waals surface area contributed by atoms with Gasteiger partial charge in [0.25, 0.3) is 0 Å². The average Bonchev–Trinajstić information content (AvgIpc) is 2.52. The quantitative estimate of drug-likeness (QED) is 0.673. The smallest absolute Gasteiger partial charge is 0.233 e.